The molecule has 0 amide bonds. The highest BCUT2D eigenvalue weighted by molar-refractivity contribution is 6.28. The average Bonchev–Trinajstić information content (AvgIpc) is 3.13. The Bertz CT molecular complexity index is 2300. The van der Waals surface area contributed by atoms with Crippen molar-refractivity contribution in [2.75, 3.05) is 9.80 Å². The molecule has 52 heavy (non-hydrogen) atoms. The second kappa shape index (κ2) is 12.9. The van der Waals surface area contributed by atoms with Crippen LogP contribution >= 0.6 is 0 Å². The lowest BCUT2D eigenvalue weighted by Gasteiger charge is -2.29. The number of anilines is 6. The van der Waals surface area contributed by atoms with Crippen LogP contribution in [0.1, 0.15) is 11.1 Å². The molecule has 8 aromatic carbocycles. The molecule has 0 heterocycles. The Hall–Kier alpha value is -6.02. The minimum atomic E-state index is -4.31. The molecular formula is C44H30F6N2. The van der Waals surface area contributed by atoms with Crippen LogP contribution in [0.25, 0.3) is 32.3 Å². The van der Waals surface area contributed by atoms with Crippen molar-refractivity contribution in [1.29, 1.82) is 0 Å². The van der Waals surface area contributed by atoms with Gasteiger partial charge in [-0.05, 0) is 93.3 Å². The number of hydrogen-bond acceptors (Lipinski definition) is 2. The Balaban J connectivity index is 1.31. The van der Waals surface area contributed by atoms with E-state index in [2.05, 4.69) is 46.2 Å². The summed E-state index contributed by atoms with van der Waals surface area (Å²) in [7, 11) is 0. The highest BCUT2D eigenvalue weighted by Gasteiger charge is 2.29. The van der Waals surface area contributed by atoms with Crippen LogP contribution in [0.2, 0.25) is 0 Å². The van der Waals surface area contributed by atoms with E-state index in [1.165, 1.54) is 24.3 Å². The lowest BCUT2D eigenvalue weighted by molar-refractivity contribution is -0.128. The van der Waals surface area contributed by atoms with Crippen LogP contribution in [0.4, 0.5) is 60.5 Å². The van der Waals surface area contributed by atoms with Gasteiger partial charge in [-0.15, -0.1) is 0 Å². The van der Waals surface area contributed by atoms with Gasteiger partial charge in [-0.2, -0.15) is 26.3 Å². The Kier molecular flexibility index (Phi) is 8.25. The Labute approximate surface area is 296 Å². The molecule has 0 aromatic heterocycles. The zero-order valence-corrected chi connectivity index (χ0v) is 27.6. The van der Waals surface area contributed by atoms with Crippen LogP contribution in [0.5, 0.6) is 0 Å². The third-order valence-electron chi connectivity index (χ3n) is 9.33. The largest absolute Gasteiger partial charge is 0.393 e. The van der Waals surface area contributed by atoms with E-state index in [1.807, 2.05) is 72.8 Å². The number of rotatable bonds is 8. The van der Waals surface area contributed by atoms with Gasteiger partial charge in [0.1, 0.15) is 0 Å². The second-order valence-corrected chi connectivity index (χ2v) is 12.9. The molecule has 0 atom stereocenters. The lowest BCUT2D eigenvalue weighted by atomic mass is 9.91. The van der Waals surface area contributed by atoms with E-state index in [0.717, 1.165) is 66.4 Å². The van der Waals surface area contributed by atoms with E-state index in [4.69, 9.17) is 0 Å². The zero-order chi connectivity index (χ0) is 36.0. The molecule has 0 spiro atoms. The van der Waals surface area contributed by atoms with Gasteiger partial charge in [0.25, 0.3) is 0 Å². The maximum Gasteiger partial charge on any atom is 0.393 e. The number of para-hydroxylation sites is 2. The molecule has 8 rings (SSSR count). The van der Waals surface area contributed by atoms with Crippen LogP contribution in [0, 0.1) is 0 Å². The van der Waals surface area contributed by atoms with Crippen molar-refractivity contribution in [3.63, 3.8) is 0 Å². The average molecular weight is 701 g/mol. The minimum Gasteiger partial charge on any atom is -0.310 e. The predicted molar refractivity (Wildman–Crippen MR) is 199 cm³/mol. The molecule has 2 nitrogen and oxygen atoms in total. The van der Waals surface area contributed by atoms with Gasteiger partial charge in [-0.3, -0.25) is 0 Å². The molecule has 8 aromatic rings. The maximum absolute atomic E-state index is 13.2. The zero-order valence-electron chi connectivity index (χ0n) is 27.6. The number of halogens is 6. The molecule has 0 N–H and O–H groups in total. The summed E-state index contributed by atoms with van der Waals surface area (Å²) in [4.78, 5) is 4.12. The van der Waals surface area contributed by atoms with Crippen molar-refractivity contribution in [3.8, 4) is 0 Å². The molecular weight excluding hydrogens is 670 g/mol. The highest BCUT2D eigenvalue weighted by Crippen LogP contribution is 2.47. The summed E-state index contributed by atoms with van der Waals surface area (Å²) in [6.45, 7) is 0. The Morgan fingerprint density at radius 1 is 0.346 bits per heavy atom. The summed E-state index contributed by atoms with van der Waals surface area (Å²) in [6.07, 6.45) is -10.6. The first-order valence-corrected chi connectivity index (χ1v) is 16.7. The van der Waals surface area contributed by atoms with Gasteiger partial charge in [0, 0.05) is 33.5 Å². The van der Waals surface area contributed by atoms with E-state index in [9.17, 15) is 26.3 Å². The molecule has 0 saturated heterocycles. The summed E-state index contributed by atoms with van der Waals surface area (Å²) in [5.74, 6) is 0. The van der Waals surface area contributed by atoms with Gasteiger partial charge in [0.15, 0.2) is 0 Å². The third kappa shape index (κ3) is 6.48. The van der Waals surface area contributed by atoms with Gasteiger partial charge in [-0.1, -0.05) is 97.1 Å². The maximum atomic E-state index is 13.2. The molecule has 0 aliphatic rings. The lowest BCUT2D eigenvalue weighted by Crippen LogP contribution is -2.13. The fourth-order valence-corrected chi connectivity index (χ4v) is 7.16. The number of benzene rings is 8. The third-order valence-corrected chi connectivity index (χ3v) is 9.33. The monoisotopic (exact) mass is 700 g/mol. The first kappa shape index (κ1) is 33.1. The van der Waals surface area contributed by atoms with E-state index < -0.39 is 25.2 Å². The van der Waals surface area contributed by atoms with Gasteiger partial charge >= 0.3 is 12.4 Å². The molecule has 0 bridgehead atoms. The smallest absolute Gasteiger partial charge is 0.310 e. The quantitative estimate of drug-likeness (QED) is 0.115. The topological polar surface area (TPSA) is 6.48 Å². The normalized spacial score (nSPS) is 12.2. The molecule has 0 fully saturated rings. The fraction of sp³-hybridized carbons (Fsp3) is 0.0909. The standard InChI is InChI=1S/C44H30F6N2/c45-43(46,47)27-29-11-19-35(20-12-29)51(33-7-3-1-4-8-33)39-25-17-31-16-24-38-40(26-18-32-15-23-37(39)41(31)42(32)38)52(34-9-5-2-6-10-34)36-21-13-30(14-22-36)28-44(48,49)50/h1-26H,27-28H2. The van der Waals surface area contributed by atoms with Crippen LogP contribution in [0.15, 0.2) is 158 Å². The van der Waals surface area contributed by atoms with Gasteiger partial charge in [0.2, 0.25) is 0 Å². The van der Waals surface area contributed by atoms with Gasteiger partial charge in [-0.25, -0.2) is 0 Å². The summed E-state index contributed by atoms with van der Waals surface area (Å²) >= 11 is 0. The molecule has 0 radical (unpaired) electrons. The molecule has 0 aliphatic heterocycles. The number of hydrogen-bond donors (Lipinski definition) is 0. The van der Waals surface area contributed by atoms with Crippen molar-refractivity contribution < 1.29 is 26.3 Å². The number of alkyl halides is 6. The Morgan fingerprint density at radius 3 is 1.02 bits per heavy atom. The van der Waals surface area contributed by atoms with Crippen molar-refractivity contribution in [1.82, 2.24) is 0 Å². The predicted octanol–water partition coefficient (Wildman–Crippen LogP) is 13.7. The van der Waals surface area contributed by atoms with Crippen LogP contribution in [-0.2, 0) is 12.8 Å². The molecule has 0 unspecified atom stereocenters. The SMILES string of the molecule is FC(F)(F)Cc1ccc(N(c2ccccc2)c2ccc3ccc4c(N(c5ccccc5)c5ccc(CC(F)(F)F)cc5)ccc5ccc2c3c54)cc1. The van der Waals surface area contributed by atoms with Crippen molar-refractivity contribution in [3.05, 3.63) is 169 Å². The van der Waals surface area contributed by atoms with Gasteiger partial charge in [0.05, 0.1) is 24.2 Å². The second-order valence-electron chi connectivity index (χ2n) is 12.9. The minimum absolute atomic E-state index is 0.185. The summed E-state index contributed by atoms with van der Waals surface area (Å²) in [6, 6.07) is 48.9. The van der Waals surface area contributed by atoms with E-state index in [0.29, 0.717) is 0 Å². The summed E-state index contributed by atoms with van der Waals surface area (Å²) < 4.78 is 79.2. The first-order chi connectivity index (χ1) is 25.0. The van der Waals surface area contributed by atoms with Crippen molar-refractivity contribution >= 4 is 66.4 Å². The molecule has 8 heteroatoms. The van der Waals surface area contributed by atoms with Crippen molar-refractivity contribution in [2.24, 2.45) is 0 Å². The number of nitrogens with zero attached hydrogens (tertiary/aromatic N) is 2. The summed E-state index contributed by atoms with van der Waals surface area (Å²) in [5, 5.41) is 6.00. The van der Waals surface area contributed by atoms with Crippen molar-refractivity contribution in [2.45, 2.75) is 25.2 Å². The van der Waals surface area contributed by atoms with Crippen LogP contribution < -0.4 is 9.80 Å². The van der Waals surface area contributed by atoms with Gasteiger partial charge < -0.3 is 9.80 Å². The first-order valence-electron chi connectivity index (χ1n) is 16.7. The van der Waals surface area contributed by atoms with Crippen LogP contribution in [0.3, 0.4) is 0 Å². The summed E-state index contributed by atoms with van der Waals surface area (Å²) in [5.41, 5.74) is 5.24. The van der Waals surface area contributed by atoms with E-state index in [-0.39, 0.29) is 11.1 Å². The fourth-order valence-electron chi connectivity index (χ4n) is 7.16. The van der Waals surface area contributed by atoms with E-state index >= 15 is 0 Å². The molecule has 258 valence electrons. The molecule has 0 aliphatic carbocycles. The molecule has 0 saturated carbocycles. The highest BCUT2D eigenvalue weighted by atomic mass is 19.4. The van der Waals surface area contributed by atoms with E-state index in [1.54, 1.807) is 24.3 Å². The van der Waals surface area contributed by atoms with Crippen LogP contribution in [-0.4, -0.2) is 12.4 Å². The Morgan fingerprint density at radius 2 is 0.673 bits per heavy atom.